The maximum atomic E-state index is 4.49. The average Bonchev–Trinajstić information content (AvgIpc) is 2.85. The van der Waals surface area contributed by atoms with Crippen molar-refractivity contribution in [3.8, 4) is 0 Å². The Bertz CT molecular complexity index is 495. The number of rotatable bonds is 6. The zero-order valence-corrected chi connectivity index (χ0v) is 12.8. The van der Waals surface area contributed by atoms with E-state index in [-0.39, 0.29) is 0 Å². The van der Waals surface area contributed by atoms with Gasteiger partial charge in [0.2, 0.25) is 0 Å². The van der Waals surface area contributed by atoms with Crippen LogP contribution in [-0.4, -0.2) is 23.0 Å². The number of nitrogens with zero attached hydrogens (tertiary/aromatic N) is 1. The van der Waals surface area contributed by atoms with Gasteiger partial charge in [0, 0.05) is 17.5 Å². The van der Waals surface area contributed by atoms with Gasteiger partial charge in [-0.05, 0) is 49.2 Å². The molecule has 0 bridgehead atoms. The highest BCUT2D eigenvalue weighted by atomic mass is 32.2. The SMILES string of the molecule is CSC(C)CCNC(C)c1cnc2ccsc2c1. The molecule has 0 radical (unpaired) electrons. The summed E-state index contributed by atoms with van der Waals surface area (Å²) >= 11 is 3.68. The van der Waals surface area contributed by atoms with Crippen molar-refractivity contribution in [2.24, 2.45) is 0 Å². The predicted molar refractivity (Wildman–Crippen MR) is 83.6 cm³/mol. The largest absolute Gasteiger partial charge is 0.310 e. The maximum absolute atomic E-state index is 4.49. The second kappa shape index (κ2) is 6.55. The second-order valence-electron chi connectivity index (χ2n) is 4.58. The van der Waals surface area contributed by atoms with Crippen LogP contribution in [-0.2, 0) is 0 Å². The van der Waals surface area contributed by atoms with E-state index in [1.54, 1.807) is 11.3 Å². The third kappa shape index (κ3) is 3.46. The van der Waals surface area contributed by atoms with Crippen molar-refractivity contribution in [3.63, 3.8) is 0 Å². The van der Waals surface area contributed by atoms with Gasteiger partial charge in [-0.3, -0.25) is 4.98 Å². The van der Waals surface area contributed by atoms with Gasteiger partial charge in [-0.15, -0.1) is 11.3 Å². The summed E-state index contributed by atoms with van der Waals surface area (Å²) in [6.07, 6.45) is 5.37. The Kier molecular flexibility index (Phi) is 5.03. The van der Waals surface area contributed by atoms with Crippen LogP contribution in [0.2, 0.25) is 0 Å². The fourth-order valence-electron chi connectivity index (χ4n) is 1.84. The van der Waals surface area contributed by atoms with Crippen LogP contribution in [0, 0.1) is 0 Å². The summed E-state index contributed by atoms with van der Waals surface area (Å²) in [5.41, 5.74) is 2.38. The van der Waals surface area contributed by atoms with E-state index in [4.69, 9.17) is 0 Å². The van der Waals surface area contributed by atoms with Gasteiger partial charge in [0.1, 0.15) is 0 Å². The van der Waals surface area contributed by atoms with Crippen LogP contribution in [0.4, 0.5) is 0 Å². The minimum absolute atomic E-state index is 0.373. The van der Waals surface area contributed by atoms with Gasteiger partial charge in [0.25, 0.3) is 0 Å². The predicted octanol–water partition coefficient (Wildman–Crippen LogP) is 4.09. The van der Waals surface area contributed by atoms with Crippen molar-refractivity contribution in [2.75, 3.05) is 12.8 Å². The monoisotopic (exact) mass is 280 g/mol. The third-order valence-electron chi connectivity index (χ3n) is 3.23. The molecule has 2 atom stereocenters. The van der Waals surface area contributed by atoms with Crippen LogP contribution in [0.15, 0.2) is 23.7 Å². The first-order chi connectivity index (χ1) is 8.70. The summed E-state index contributed by atoms with van der Waals surface area (Å²) in [7, 11) is 0. The number of nitrogens with one attached hydrogen (secondary N) is 1. The molecule has 2 aromatic heterocycles. The van der Waals surface area contributed by atoms with Crippen LogP contribution in [0.5, 0.6) is 0 Å². The van der Waals surface area contributed by atoms with Crippen molar-refractivity contribution < 1.29 is 0 Å². The van der Waals surface area contributed by atoms with E-state index in [9.17, 15) is 0 Å². The Hall–Kier alpha value is -0.580. The molecule has 0 fully saturated rings. The Morgan fingerprint density at radius 1 is 1.44 bits per heavy atom. The standard InChI is InChI=1S/C14H20N2S2/c1-10(17-3)4-6-15-11(2)12-8-14-13(16-9-12)5-7-18-14/h5,7-11,15H,4,6H2,1-3H3. The average molecular weight is 280 g/mol. The number of fused-ring (bicyclic) bond motifs is 1. The molecule has 2 rings (SSSR count). The summed E-state index contributed by atoms with van der Waals surface area (Å²) in [5, 5.41) is 6.39. The van der Waals surface area contributed by atoms with Crippen LogP contribution in [0.3, 0.4) is 0 Å². The lowest BCUT2D eigenvalue weighted by Crippen LogP contribution is -2.22. The second-order valence-corrected chi connectivity index (χ2v) is 6.81. The molecule has 18 heavy (non-hydrogen) atoms. The van der Waals surface area contributed by atoms with Gasteiger partial charge < -0.3 is 5.32 Å². The Morgan fingerprint density at radius 2 is 2.28 bits per heavy atom. The molecule has 2 unspecified atom stereocenters. The van der Waals surface area contributed by atoms with Gasteiger partial charge >= 0.3 is 0 Å². The van der Waals surface area contributed by atoms with Crippen molar-refractivity contribution >= 4 is 33.3 Å². The number of thioether (sulfide) groups is 1. The van der Waals surface area contributed by atoms with E-state index in [1.807, 2.05) is 18.0 Å². The summed E-state index contributed by atoms with van der Waals surface area (Å²) < 4.78 is 1.28. The lowest BCUT2D eigenvalue weighted by atomic mass is 10.1. The molecule has 0 saturated heterocycles. The smallest absolute Gasteiger partial charge is 0.0809 e. The van der Waals surface area contributed by atoms with E-state index in [1.165, 1.54) is 16.7 Å². The number of pyridine rings is 1. The first-order valence-electron chi connectivity index (χ1n) is 6.30. The molecule has 98 valence electrons. The molecule has 0 saturated carbocycles. The number of hydrogen-bond donors (Lipinski definition) is 1. The molecule has 4 heteroatoms. The van der Waals surface area contributed by atoms with Gasteiger partial charge in [0.15, 0.2) is 0 Å². The Labute approximate surface area is 117 Å². The van der Waals surface area contributed by atoms with E-state index in [0.717, 1.165) is 17.3 Å². The lowest BCUT2D eigenvalue weighted by molar-refractivity contribution is 0.557. The van der Waals surface area contributed by atoms with E-state index >= 15 is 0 Å². The molecule has 0 aliphatic carbocycles. The Balaban J connectivity index is 1.93. The minimum Gasteiger partial charge on any atom is -0.310 e. The number of aromatic nitrogens is 1. The van der Waals surface area contributed by atoms with Gasteiger partial charge in [-0.1, -0.05) is 6.92 Å². The quantitative estimate of drug-likeness (QED) is 0.862. The van der Waals surface area contributed by atoms with Crippen LogP contribution in [0.1, 0.15) is 31.9 Å². The molecule has 1 N–H and O–H groups in total. The van der Waals surface area contributed by atoms with Gasteiger partial charge in [-0.25, -0.2) is 0 Å². The van der Waals surface area contributed by atoms with Crippen LogP contribution in [0.25, 0.3) is 10.2 Å². The van der Waals surface area contributed by atoms with Crippen molar-refractivity contribution in [1.82, 2.24) is 10.3 Å². The van der Waals surface area contributed by atoms with E-state index < -0.39 is 0 Å². The molecular formula is C14H20N2S2. The van der Waals surface area contributed by atoms with Gasteiger partial charge in [0.05, 0.1) is 10.2 Å². The normalized spacial score (nSPS) is 14.8. The molecule has 0 amide bonds. The molecule has 0 aliphatic heterocycles. The summed E-state index contributed by atoms with van der Waals surface area (Å²) in [4.78, 5) is 4.49. The molecule has 2 heterocycles. The molecule has 2 aromatic rings. The lowest BCUT2D eigenvalue weighted by Gasteiger charge is -2.15. The first kappa shape index (κ1) is 13.8. The highest BCUT2D eigenvalue weighted by molar-refractivity contribution is 7.99. The zero-order chi connectivity index (χ0) is 13.0. The molecule has 0 aromatic carbocycles. The molecular weight excluding hydrogens is 260 g/mol. The van der Waals surface area contributed by atoms with E-state index in [0.29, 0.717) is 6.04 Å². The topological polar surface area (TPSA) is 24.9 Å². The Morgan fingerprint density at radius 3 is 3.06 bits per heavy atom. The first-order valence-corrected chi connectivity index (χ1v) is 8.47. The fraction of sp³-hybridized carbons (Fsp3) is 0.500. The summed E-state index contributed by atoms with van der Waals surface area (Å²) in [5.74, 6) is 0. The van der Waals surface area contributed by atoms with E-state index in [2.05, 4.69) is 47.9 Å². The highest BCUT2D eigenvalue weighted by Crippen LogP contribution is 2.22. The third-order valence-corrected chi connectivity index (χ3v) is 5.12. The van der Waals surface area contributed by atoms with Crippen molar-refractivity contribution in [3.05, 3.63) is 29.3 Å². The number of hydrogen-bond acceptors (Lipinski definition) is 4. The highest BCUT2D eigenvalue weighted by Gasteiger charge is 2.07. The van der Waals surface area contributed by atoms with Crippen molar-refractivity contribution in [1.29, 1.82) is 0 Å². The summed E-state index contributed by atoms with van der Waals surface area (Å²) in [6, 6.07) is 4.70. The molecule has 2 nitrogen and oxygen atoms in total. The minimum atomic E-state index is 0.373. The fourth-order valence-corrected chi connectivity index (χ4v) is 2.98. The molecule has 0 spiro atoms. The summed E-state index contributed by atoms with van der Waals surface area (Å²) in [6.45, 7) is 5.54. The van der Waals surface area contributed by atoms with Crippen LogP contribution < -0.4 is 5.32 Å². The maximum Gasteiger partial charge on any atom is 0.0809 e. The van der Waals surface area contributed by atoms with Crippen LogP contribution >= 0.6 is 23.1 Å². The number of thiophene rings is 1. The van der Waals surface area contributed by atoms with Gasteiger partial charge in [-0.2, -0.15) is 11.8 Å². The van der Waals surface area contributed by atoms with Crippen molar-refractivity contribution in [2.45, 2.75) is 31.6 Å². The molecule has 0 aliphatic rings. The zero-order valence-electron chi connectivity index (χ0n) is 11.1.